The molecule has 0 fully saturated rings. The molecule has 0 spiro atoms. The second-order valence-corrected chi connectivity index (χ2v) is 10.3. The lowest BCUT2D eigenvalue weighted by Crippen LogP contribution is -2.33. The predicted molar refractivity (Wildman–Crippen MR) is 135 cm³/mol. The Hall–Kier alpha value is -3.65. The third-order valence-electron chi connectivity index (χ3n) is 5.52. The number of amides is 2. The molecular formula is C26H29N3O4S. The molecule has 34 heavy (non-hydrogen) atoms. The molecule has 0 heterocycles. The summed E-state index contributed by atoms with van der Waals surface area (Å²) in [6.07, 6.45) is 0. The molecule has 0 aromatic heterocycles. The molecule has 0 aliphatic heterocycles. The van der Waals surface area contributed by atoms with Gasteiger partial charge in [0.1, 0.15) is 0 Å². The number of sulfonamides is 1. The number of rotatable bonds is 7. The van der Waals surface area contributed by atoms with Crippen LogP contribution in [0.5, 0.6) is 0 Å². The molecule has 0 saturated carbocycles. The van der Waals surface area contributed by atoms with Gasteiger partial charge in [-0.25, -0.2) is 8.42 Å². The SMILES string of the molecule is Cc1ccc(S(=O)(=O)N(C)c2ccc(C(=O)NCC(=O)Nc3c(C)cc(C)cc3C)cc2)cc1. The van der Waals surface area contributed by atoms with Crippen LogP contribution in [-0.4, -0.2) is 33.8 Å². The van der Waals surface area contributed by atoms with Gasteiger partial charge in [-0.1, -0.05) is 35.4 Å². The Kier molecular flexibility index (Phi) is 7.41. The maximum atomic E-state index is 12.9. The monoisotopic (exact) mass is 479 g/mol. The van der Waals surface area contributed by atoms with E-state index in [1.807, 2.05) is 39.8 Å². The van der Waals surface area contributed by atoms with Gasteiger partial charge in [0.05, 0.1) is 17.1 Å². The minimum absolute atomic E-state index is 0.185. The van der Waals surface area contributed by atoms with Gasteiger partial charge < -0.3 is 10.6 Å². The number of anilines is 2. The first-order chi connectivity index (χ1) is 16.0. The van der Waals surface area contributed by atoms with E-state index in [0.717, 1.165) is 27.9 Å². The third-order valence-corrected chi connectivity index (χ3v) is 7.32. The van der Waals surface area contributed by atoms with Crippen molar-refractivity contribution < 1.29 is 18.0 Å². The molecule has 2 amide bonds. The molecule has 8 heteroatoms. The van der Waals surface area contributed by atoms with Crippen LogP contribution < -0.4 is 14.9 Å². The number of hydrogen-bond acceptors (Lipinski definition) is 4. The largest absolute Gasteiger partial charge is 0.343 e. The Bertz CT molecular complexity index is 1290. The Labute approximate surface area is 200 Å². The minimum Gasteiger partial charge on any atom is -0.343 e. The molecule has 3 rings (SSSR count). The fraction of sp³-hybridized carbons (Fsp3) is 0.231. The lowest BCUT2D eigenvalue weighted by Gasteiger charge is -2.20. The molecule has 178 valence electrons. The van der Waals surface area contributed by atoms with Crippen LogP contribution in [0.1, 0.15) is 32.6 Å². The van der Waals surface area contributed by atoms with Crippen molar-refractivity contribution in [1.82, 2.24) is 5.32 Å². The maximum absolute atomic E-state index is 12.9. The third kappa shape index (κ3) is 5.63. The first-order valence-electron chi connectivity index (χ1n) is 10.8. The van der Waals surface area contributed by atoms with Crippen molar-refractivity contribution in [3.8, 4) is 0 Å². The van der Waals surface area contributed by atoms with Crippen molar-refractivity contribution >= 4 is 33.2 Å². The summed E-state index contributed by atoms with van der Waals surface area (Å²) in [4.78, 5) is 25.0. The van der Waals surface area contributed by atoms with Crippen LogP contribution in [0, 0.1) is 27.7 Å². The zero-order valence-electron chi connectivity index (χ0n) is 20.0. The highest BCUT2D eigenvalue weighted by Crippen LogP contribution is 2.23. The summed E-state index contributed by atoms with van der Waals surface area (Å²) in [5, 5.41) is 5.44. The van der Waals surface area contributed by atoms with Crippen molar-refractivity contribution in [2.24, 2.45) is 0 Å². The van der Waals surface area contributed by atoms with Gasteiger partial charge in [0, 0.05) is 18.3 Å². The van der Waals surface area contributed by atoms with Crippen LogP contribution in [0.4, 0.5) is 11.4 Å². The molecule has 2 N–H and O–H groups in total. The molecule has 0 unspecified atom stereocenters. The van der Waals surface area contributed by atoms with Crippen LogP contribution in [-0.2, 0) is 14.8 Å². The van der Waals surface area contributed by atoms with E-state index in [0.29, 0.717) is 11.3 Å². The first-order valence-corrected chi connectivity index (χ1v) is 12.2. The smallest absolute Gasteiger partial charge is 0.264 e. The van der Waals surface area contributed by atoms with Gasteiger partial charge in [-0.2, -0.15) is 0 Å². The van der Waals surface area contributed by atoms with E-state index in [2.05, 4.69) is 10.6 Å². The Morgan fingerprint density at radius 2 is 1.38 bits per heavy atom. The fourth-order valence-electron chi connectivity index (χ4n) is 3.65. The van der Waals surface area contributed by atoms with Gasteiger partial charge in [-0.05, 0) is 75.2 Å². The lowest BCUT2D eigenvalue weighted by atomic mass is 10.1. The predicted octanol–water partition coefficient (Wildman–Crippen LogP) is 4.11. The quantitative estimate of drug-likeness (QED) is 0.533. The van der Waals surface area contributed by atoms with Crippen LogP contribution in [0.15, 0.2) is 65.6 Å². The zero-order valence-corrected chi connectivity index (χ0v) is 20.8. The molecule has 0 bridgehead atoms. The second kappa shape index (κ2) is 10.1. The highest BCUT2D eigenvalue weighted by molar-refractivity contribution is 7.92. The average Bonchev–Trinajstić information content (AvgIpc) is 2.79. The summed E-state index contributed by atoms with van der Waals surface area (Å²) in [6.45, 7) is 7.54. The summed E-state index contributed by atoms with van der Waals surface area (Å²) >= 11 is 0. The minimum atomic E-state index is -3.72. The van der Waals surface area contributed by atoms with E-state index in [-0.39, 0.29) is 17.3 Å². The van der Waals surface area contributed by atoms with Crippen molar-refractivity contribution in [1.29, 1.82) is 0 Å². The van der Waals surface area contributed by atoms with Gasteiger partial charge in [-0.15, -0.1) is 0 Å². The number of benzene rings is 3. The molecular weight excluding hydrogens is 450 g/mol. The Morgan fingerprint density at radius 3 is 1.94 bits per heavy atom. The molecule has 0 aliphatic rings. The van der Waals surface area contributed by atoms with E-state index < -0.39 is 15.9 Å². The summed E-state index contributed by atoms with van der Waals surface area (Å²) in [5.41, 5.74) is 5.47. The highest BCUT2D eigenvalue weighted by Gasteiger charge is 2.21. The summed E-state index contributed by atoms with van der Waals surface area (Å²) in [7, 11) is -2.26. The van der Waals surface area contributed by atoms with Crippen LogP contribution >= 0.6 is 0 Å². The van der Waals surface area contributed by atoms with Gasteiger partial charge in [0.25, 0.3) is 15.9 Å². The standard InChI is InChI=1S/C26H29N3O4S/c1-17-6-12-23(13-7-17)34(32,33)29(5)22-10-8-21(9-11-22)26(31)27-16-24(30)28-25-19(3)14-18(2)15-20(25)4/h6-15H,16H2,1-5H3,(H,27,31)(H,28,30). The zero-order chi connectivity index (χ0) is 25.0. The Balaban J connectivity index is 1.63. The van der Waals surface area contributed by atoms with Crippen molar-refractivity contribution in [2.45, 2.75) is 32.6 Å². The topological polar surface area (TPSA) is 95.6 Å². The number of nitrogens with zero attached hydrogens (tertiary/aromatic N) is 1. The van der Waals surface area contributed by atoms with Crippen LogP contribution in [0.2, 0.25) is 0 Å². The summed E-state index contributed by atoms with van der Waals surface area (Å²) in [5.74, 6) is -0.757. The van der Waals surface area contributed by atoms with Gasteiger partial charge >= 0.3 is 0 Å². The fourth-order valence-corrected chi connectivity index (χ4v) is 4.85. The van der Waals surface area contributed by atoms with Crippen molar-refractivity contribution in [3.05, 3.63) is 88.5 Å². The van der Waals surface area contributed by atoms with E-state index in [1.54, 1.807) is 36.4 Å². The lowest BCUT2D eigenvalue weighted by molar-refractivity contribution is -0.115. The summed E-state index contributed by atoms with van der Waals surface area (Å²) < 4.78 is 26.9. The molecule has 3 aromatic rings. The van der Waals surface area contributed by atoms with E-state index >= 15 is 0 Å². The van der Waals surface area contributed by atoms with E-state index in [1.165, 1.54) is 23.5 Å². The number of hydrogen-bond donors (Lipinski definition) is 2. The molecule has 0 saturated heterocycles. The molecule has 0 atom stereocenters. The van der Waals surface area contributed by atoms with Crippen molar-refractivity contribution in [2.75, 3.05) is 23.2 Å². The maximum Gasteiger partial charge on any atom is 0.264 e. The number of nitrogens with one attached hydrogen (secondary N) is 2. The number of carbonyl (C=O) groups is 2. The van der Waals surface area contributed by atoms with Crippen LogP contribution in [0.25, 0.3) is 0 Å². The molecule has 0 radical (unpaired) electrons. The van der Waals surface area contributed by atoms with Crippen LogP contribution in [0.3, 0.4) is 0 Å². The second-order valence-electron chi connectivity index (χ2n) is 8.34. The number of aryl methyl sites for hydroxylation is 4. The molecule has 0 aliphatic carbocycles. The van der Waals surface area contributed by atoms with E-state index in [4.69, 9.17) is 0 Å². The normalized spacial score (nSPS) is 11.1. The van der Waals surface area contributed by atoms with E-state index in [9.17, 15) is 18.0 Å². The van der Waals surface area contributed by atoms with Gasteiger partial charge in [0.2, 0.25) is 5.91 Å². The first kappa shape index (κ1) is 25.0. The Morgan fingerprint density at radius 1 is 0.824 bits per heavy atom. The molecule has 7 nitrogen and oxygen atoms in total. The highest BCUT2D eigenvalue weighted by atomic mass is 32.2. The molecule has 3 aromatic carbocycles. The van der Waals surface area contributed by atoms with Gasteiger partial charge in [0.15, 0.2) is 0 Å². The average molecular weight is 480 g/mol. The van der Waals surface area contributed by atoms with Crippen molar-refractivity contribution in [3.63, 3.8) is 0 Å². The van der Waals surface area contributed by atoms with Gasteiger partial charge in [-0.3, -0.25) is 13.9 Å². The number of carbonyl (C=O) groups excluding carboxylic acids is 2. The summed E-state index contributed by atoms with van der Waals surface area (Å²) in [6, 6.07) is 16.7.